The lowest BCUT2D eigenvalue weighted by Gasteiger charge is -2.20. The van der Waals surface area contributed by atoms with Crippen molar-refractivity contribution in [3.8, 4) is 0 Å². The van der Waals surface area contributed by atoms with E-state index in [4.69, 9.17) is 16.3 Å². The average Bonchev–Trinajstić information content (AvgIpc) is 2.73. The molecule has 5 nitrogen and oxygen atoms in total. The van der Waals surface area contributed by atoms with E-state index in [9.17, 15) is 14.7 Å². The Morgan fingerprint density at radius 3 is 2.41 bits per heavy atom. The summed E-state index contributed by atoms with van der Waals surface area (Å²) < 4.78 is 6.96. The maximum atomic E-state index is 12.2. The average molecular weight is 324 g/mol. The standard InChI is InChI=1S/C16H18ClNO4/c1-5-18-12-8-11(17)10(15(21)22-16(2,3)4)6-9(12)7-13(18)14(19)20/h6-8H,5H2,1-4H3,(H,19,20). The lowest BCUT2D eigenvalue weighted by atomic mass is 10.1. The minimum Gasteiger partial charge on any atom is -0.477 e. The van der Waals surface area contributed by atoms with E-state index >= 15 is 0 Å². The smallest absolute Gasteiger partial charge is 0.352 e. The van der Waals surface area contributed by atoms with Gasteiger partial charge in [0.15, 0.2) is 0 Å². The first-order chi connectivity index (χ1) is 10.1. The Bertz CT molecular complexity index is 756. The molecule has 0 atom stereocenters. The lowest BCUT2D eigenvalue weighted by Crippen LogP contribution is -2.24. The van der Waals surface area contributed by atoms with Crippen molar-refractivity contribution in [2.75, 3.05) is 0 Å². The number of halogens is 1. The van der Waals surface area contributed by atoms with Crippen molar-refractivity contribution in [3.05, 3.63) is 34.5 Å². The van der Waals surface area contributed by atoms with E-state index in [0.717, 1.165) is 0 Å². The summed E-state index contributed by atoms with van der Waals surface area (Å²) >= 11 is 6.18. The molecule has 6 heteroatoms. The zero-order valence-electron chi connectivity index (χ0n) is 12.9. The van der Waals surface area contributed by atoms with E-state index in [1.807, 2.05) is 6.92 Å². The molecule has 0 amide bonds. The van der Waals surface area contributed by atoms with Crippen LogP contribution < -0.4 is 0 Å². The third-order valence-corrected chi connectivity index (χ3v) is 3.46. The lowest BCUT2D eigenvalue weighted by molar-refractivity contribution is 0.00697. The van der Waals surface area contributed by atoms with Crippen molar-refractivity contribution in [2.45, 2.75) is 39.8 Å². The van der Waals surface area contributed by atoms with Crippen LogP contribution in [0.15, 0.2) is 18.2 Å². The summed E-state index contributed by atoms with van der Waals surface area (Å²) in [4.78, 5) is 23.5. The van der Waals surface area contributed by atoms with Gasteiger partial charge in [0.1, 0.15) is 11.3 Å². The molecular formula is C16H18ClNO4. The van der Waals surface area contributed by atoms with Gasteiger partial charge < -0.3 is 14.4 Å². The molecule has 0 aliphatic rings. The number of rotatable bonds is 3. The molecule has 0 fully saturated rings. The highest BCUT2D eigenvalue weighted by Gasteiger charge is 2.22. The highest BCUT2D eigenvalue weighted by molar-refractivity contribution is 6.34. The summed E-state index contributed by atoms with van der Waals surface area (Å²) in [6, 6.07) is 4.71. The molecule has 2 rings (SSSR count). The van der Waals surface area contributed by atoms with E-state index in [2.05, 4.69) is 0 Å². The van der Waals surface area contributed by atoms with E-state index in [1.54, 1.807) is 37.5 Å². The predicted molar refractivity (Wildman–Crippen MR) is 84.7 cm³/mol. The van der Waals surface area contributed by atoms with Crippen LogP contribution in [0.2, 0.25) is 5.02 Å². The molecule has 118 valence electrons. The molecule has 0 spiro atoms. The third kappa shape index (κ3) is 3.09. The number of hydrogen-bond donors (Lipinski definition) is 1. The number of esters is 1. The molecule has 1 aromatic carbocycles. The van der Waals surface area contributed by atoms with E-state index in [0.29, 0.717) is 17.4 Å². The maximum Gasteiger partial charge on any atom is 0.352 e. The fourth-order valence-electron chi connectivity index (χ4n) is 2.29. The van der Waals surface area contributed by atoms with Gasteiger partial charge in [-0.15, -0.1) is 0 Å². The van der Waals surface area contributed by atoms with Crippen LogP contribution in [0.4, 0.5) is 0 Å². The second-order valence-electron chi connectivity index (χ2n) is 5.97. The number of aryl methyl sites for hydroxylation is 1. The van der Waals surface area contributed by atoms with Gasteiger partial charge in [-0.05, 0) is 45.9 Å². The van der Waals surface area contributed by atoms with Crippen molar-refractivity contribution >= 4 is 34.4 Å². The largest absolute Gasteiger partial charge is 0.477 e. The zero-order chi connectivity index (χ0) is 16.7. The second kappa shape index (κ2) is 5.65. The molecule has 22 heavy (non-hydrogen) atoms. The monoisotopic (exact) mass is 323 g/mol. The van der Waals surface area contributed by atoms with Crippen molar-refractivity contribution in [2.24, 2.45) is 0 Å². The Morgan fingerprint density at radius 1 is 1.27 bits per heavy atom. The van der Waals surface area contributed by atoms with Gasteiger partial charge in [-0.1, -0.05) is 11.6 Å². The first kappa shape index (κ1) is 16.4. The Morgan fingerprint density at radius 2 is 1.91 bits per heavy atom. The van der Waals surface area contributed by atoms with Gasteiger partial charge in [0.05, 0.1) is 16.1 Å². The summed E-state index contributed by atoms with van der Waals surface area (Å²) in [7, 11) is 0. The number of carboxylic acid groups (broad SMARTS) is 1. The molecule has 1 heterocycles. The van der Waals surface area contributed by atoms with Crippen LogP contribution in [0.3, 0.4) is 0 Å². The van der Waals surface area contributed by atoms with Gasteiger partial charge in [0.25, 0.3) is 0 Å². The number of benzene rings is 1. The molecule has 1 aromatic heterocycles. The van der Waals surface area contributed by atoms with E-state index in [1.165, 1.54) is 6.07 Å². The van der Waals surface area contributed by atoms with Crippen molar-refractivity contribution < 1.29 is 19.4 Å². The summed E-state index contributed by atoms with van der Waals surface area (Å²) in [5, 5.41) is 10.1. The van der Waals surface area contributed by atoms with Crippen LogP contribution in [0.1, 0.15) is 48.5 Å². The Balaban J connectivity index is 2.58. The molecular weight excluding hydrogens is 306 g/mol. The summed E-state index contributed by atoms with van der Waals surface area (Å²) in [6.45, 7) is 7.66. The molecule has 0 unspecified atom stereocenters. The Labute approximate surface area is 133 Å². The number of nitrogens with zero attached hydrogens (tertiary/aromatic N) is 1. The van der Waals surface area contributed by atoms with Crippen LogP contribution in [-0.4, -0.2) is 27.2 Å². The van der Waals surface area contributed by atoms with Crippen LogP contribution in [0, 0.1) is 0 Å². The summed E-state index contributed by atoms with van der Waals surface area (Å²) in [5.41, 5.74) is 0.443. The van der Waals surface area contributed by atoms with Crippen LogP contribution in [0.25, 0.3) is 10.9 Å². The molecule has 0 aliphatic carbocycles. The highest BCUT2D eigenvalue weighted by Crippen LogP contribution is 2.28. The molecule has 0 radical (unpaired) electrons. The van der Waals surface area contributed by atoms with Crippen molar-refractivity contribution in [3.63, 3.8) is 0 Å². The number of carbonyl (C=O) groups excluding carboxylic acids is 1. The van der Waals surface area contributed by atoms with Crippen LogP contribution >= 0.6 is 11.6 Å². The number of aromatic nitrogens is 1. The number of carboxylic acids is 1. The van der Waals surface area contributed by atoms with Gasteiger partial charge in [-0.25, -0.2) is 9.59 Å². The summed E-state index contributed by atoms with van der Waals surface area (Å²) in [5.74, 6) is -1.55. The highest BCUT2D eigenvalue weighted by atomic mass is 35.5. The first-order valence-corrected chi connectivity index (χ1v) is 7.31. The molecule has 2 aromatic rings. The fraction of sp³-hybridized carbons (Fsp3) is 0.375. The van der Waals surface area contributed by atoms with Crippen molar-refractivity contribution in [1.82, 2.24) is 4.57 Å². The number of aromatic carboxylic acids is 1. The van der Waals surface area contributed by atoms with E-state index in [-0.39, 0.29) is 16.3 Å². The number of fused-ring (bicyclic) bond motifs is 1. The van der Waals surface area contributed by atoms with Gasteiger partial charge in [0.2, 0.25) is 0 Å². The topological polar surface area (TPSA) is 68.5 Å². The predicted octanol–water partition coefficient (Wildman–Crippen LogP) is 3.97. The van der Waals surface area contributed by atoms with E-state index < -0.39 is 17.5 Å². The maximum absolute atomic E-state index is 12.2. The summed E-state index contributed by atoms with van der Waals surface area (Å²) in [6.07, 6.45) is 0. The van der Waals surface area contributed by atoms with Crippen LogP contribution in [-0.2, 0) is 11.3 Å². The van der Waals surface area contributed by atoms with Gasteiger partial charge >= 0.3 is 11.9 Å². The SMILES string of the molecule is CCn1c(C(=O)O)cc2cc(C(=O)OC(C)(C)C)c(Cl)cc21. The Hall–Kier alpha value is -2.01. The minimum atomic E-state index is -1.02. The first-order valence-electron chi connectivity index (χ1n) is 6.93. The van der Waals surface area contributed by atoms with Gasteiger partial charge in [-0.3, -0.25) is 0 Å². The van der Waals surface area contributed by atoms with Crippen LogP contribution in [0.5, 0.6) is 0 Å². The minimum absolute atomic E-state index is 0.162. The molecule has 0 saturated heterocycles. The molecule has 0 aliphatic heterocycles. The van der Waals surface area contributed by atoms with Gasteiger partial charge in [0, 0.05) is 11.9 Å². The Kier molecular flexibility index (Phi) is 4.20. The number of hydrogen-bond acceptors (Lipinski definition) is 3. The molecule has 0 bridgehead atoms. The second-order valence-corrected chi connectivity index (χ2v) is 6.38. The quantitative estimate of drug-likeness (QED) is 0.868. The molecule has 1 N–H and O–H groups in total. The normalized spacial score (nSPS) is 11.7. The number of carbonyl (C=O) groups is 2. The van der Waals surface area contributed by atoms with Crippen molar-refractivity contribution in [1.29, 1.82) is 0 Å². The number of ether oxygens (including phenoxy) is 1. The third-order valence-electron chi connectivity index (χ3n) is 3.14. The zero-order valence-corrected chi connectivity index (χ0v) is 13.7. The molecule has 0 saturated carbocycles. The fourth-order valence-corrected chi connectivity index (χ4v) is 2.53. The van der Waals surface area contributed by atoms with Gasteiger partial charge in [-0.2, -0.15) is 0 Å².